The number of para-hydroxylation sites is 1. The Morgan fingerprint density at radius 2 is 2.39 bits per heavy atom. The summed E-state index contributed by atoms with van der Waals surface area (Å²) in [5.74, 6) is 0. The van der Waals surface area contributed by atoms with Crippen molar-refractivity contribution in [3.8, 4) is 0 Å². The third-order valence-corrected chi connectivity index (χ3v) is 3.88. The zero-order chi connectivity index (χ0) is 12.2. The van der Waals surface area contributed by atoms with Crippen LogP contribution in [-0.4, -0.2) is 37.4 Å². The molecule has 1 atom stereocenters. The fourth-order valence-corrected chi connectivity index (χ4v) is 2.89. The Kier molecular flexibility index (Phi) is 3.85. The minimum absolute atomic E-state index is 0.174. The van der Waals surface area contributed by atoms with E-state index in [1.54, 1.807) is 11.3 Å². The van der Waals surface area contributed by atoms with E-state index in [2.05, 4.69) is 16.4 Å². The fourth-order valence-electron chi connectivity index (χ4n) is 1.99. The van der Waals surface area contributed by atoms with Crippen LogP contribution >= 0.6 is 11.3 Å². The number of ether oxygens (including phenoxy) is 2. The van der Waals surface area contributed by atoms with Gasteiger partial charge in [-0.1, -0.05) is 12.1 Å². The summed E-state index contributed by atoms with van der Waals surface area (Å²) in [5.41, 5.74) is 1.05. The van der Waals surface area contributed by atoms with Crippen LogP contribution in [-0.2, 0) is 16.1 Å². The van der Waals surface area contributed by atoms with Crippen molar-refractivity contribution < 1.29 is 9.47 Å². The maximum absolute atomic E-state index is 5.67. The van der Waals surface area contributed by atoms with E-state index in [4.69, 9.17) is 9.47 Å². The normalized spacial score (nSPS) is 20.3. The number of hydrogen-bond donors (Lipinski definition) is 1. The monoisotopic (exact) mass is 264 g/mol. The van der Waals surface area contributed by atoms with Crippen LogP contribution in [0.5, 0.6) is 0 Å². The lowest BCUT2D eigenvalue weighted by Crippen LogP contribution is -2.40. The van der Waals surface area contributed by atoms with Crippen LogP contribution in [0.2, 0.25) is 0 Å². The lowest BCUT2D eigenvalue weighted by molar-refractivity contribution is -0.0357. The Morgan fingerprint density at radius 1 is 1.44 bits per heavy atom. The van der Waals surface area contributed by atoms with Crippen LogP contribution in [0.25, 0.3) is 10.2 Å². The van der Waals surface area contributed by atoms with Gasteiger partial charge in [-0.25, -0.2) is 4.98 Å². The van der Waals surface area contributed by atoms with Gasteiger partial charge >= 0.3 is 0 Å². The van der Waals surface area contributed by atoms with E-state index < -0.39 is 0 Å². The van der Waals surface area contributed by atoms with Crippen molar-refractivity contribution in [1.29, 1.82) is 0 Å². The molecule has 0 spiro atoms. The smallest absolute Gasteiger partial charge is 0.120 e. The van der Waals surface area contributed by atoms with E-state index in [0.717, 1.165) is 30.2 Å². The van der Waals surface area contributed by atoms with Gasteiger partial charge in [0, 0.05) is 13.1 Å². The molecular formula is C13H16N2O2S. The summed E-state index contributed by atoms with van der Waals surface area (Å²) >= 11 is 1.69. The Balaban J connectivity index is 1.53. The maximum Gasteiger partial charge on any atom is 0.120 e. The Hall–Kier alpha value is -1.01. The quantitative estimate of drug-likeness (QED) is 0.914. The largest absolute Gasteiger partial charge is 0.373 e. The molecular weight excluding hydrogens is 248 g/mol. The number of rotatable bonds is 4. The van der Waals surface area contributed by atoms with Gasteiger partial charge in [-0.2, -0.15) is 0 Å². The Morgan fingerprint density at radius 3 is 3.22 bits per heavy atom. The first-order chi connectivity index (χ1) is 8.92. The van der Waals surface area contributed by atoms with Crippen LogP contribution in [0.15, 0.2) is 24.3 Å². The average molecular weight is 264 g/mol. The summed E-state index contributed by atoms with van der Waals surface area (Å²) in [6, 6.07) is 8.16. The first-order valence-corrected chi connectivity index (χ1v) is 6.98. The Labute approximate surface area is 110 Å². The van der Waals surface area contributed by atoms with Crippen LogP contribution in [0, 0.1) is 0 Å². The molecule has 18 heavy (non-hydrogen) atoms. The molecule has 2 aromatic rings. The number of aromatic nitrogens is 1. The van der Waals surface area contributed by atoms with Crippen LogP contribution < -0.4 is 5.32 Å². The summed E-state index contributed by atoms with van der Waals surface area (Å²) in [6.45, 7) is 3.78. The van der Waals surface area contributed by atoms with Gasteiger partial charge in [-0.3, -0.25) is 0 Å². The summed E-state index contributed by atoms with van der Waals surface area (Å²) < 4.78 is 12.5. The van der Waals surface area contributed by atoms with Crippen molar-refractivity contribution in [1.82, 2.24) is 10.3 Å². The highest BCUT2D eigenvalue weighted by Crippen LogP contribution is 2.21. The number of morpholine rings is 1. The van der Waals surface area contributed by atoms with Crippen LogP contribution in [0.3, 0.4) is 0 Å². The molecule has 1 aromatic carbocycles. The highest BCUT2D eigenvalue weighted by molar-refractivity contribution is 7.18. The van der Waals surface area contributed by atoms with Gasteiger partial charge in [0.15, 0.2) is 0 Å². The van der Waals surface area contributed by atoms with Gasteiger partial charge in [-0.15, -0.1) is 11.3 Å². The molecule has 3 rings (SSSR count). The third kappa shape index (κ3) is 2.87. The topological polar surface area (TPSA) is 43.4 Å². The highest BCUT2D eigenvalue weighted by atomic mass is 32.1. The molecule has 1 unspecified atom stereocenters. The molecule has 1 aromatic heterocycles. The predicted molar refractivity (Wildman–Crippen MR) is 71.9 cm³/mol. The number of fused-ring (bicyclic) bond motifs is 1. The van der Waals surface area contributed by atoms with Gasteiger partial charge < -0.3 is 14.8 Å². The summed E-state index contributed by atoms with van der Waals surface area (Å²) in [5, 5.41) is 4.31. The van der Waals surface area contributed by atoms with Crippen LogP contribution in [0.1, 0.15) is 5.01 Å². The number of nitrogens with one attached hydrogen (secondary N) is 1. The first kappa shape index (κ1) is 12.0. The molecule has 0 saturated carbocycles. The molecule has 96 valence electrons. The van der Waals surface area contributed by atoms with E-state index >= 15 is 0 Å². The van der Waals surface area contributed by atoms with Gasteiger partial charge in [-0.05, 0) is 12.1 Å². The summed E-state index contributed by atoms with van der Waals surface area (Å²) in [6.07, 6.45) is 0.174. The van der Waals surface area contributed by atoms with E-state index in [1.807, 2.05) is 18.2 Å². The minimum Gasteiger partial charge on any atom is -0.373 e. The maximum atomic E-state index is 5.67. The molecule has 1 aliphatic heterocycles. The second kappa shape index (κ2) is 5.75. The number of hydrogen-bond acceptors (Lipinski definition) is 5. The zero-order valence-corrected chi connectivity index (χ0v) is 10.9. The SMILES string of the molecule is c1ccc2sc(COCC3CNCCO3)nc2c1. The summed E-state index contributed by atoms with van der Waals surface area (Å²) in [4.78, 5) is 4.53. The van der Waals surface area contributed by atoms with Gasteiger partial charge in [0.1, 0.15) is 5.01 Å². The lowest BCUT2D eigenvalue weighted by Gasteiger charge is -2.23. The third-order valence-electron chi connectivity index (χ3n) is 2.87. The molecule has 2 heterocycles. The van der Waals surface area contributed by atoms with Crippen molar-refractivity contribution in [2.75, 3.05) is 26.3 Å². The molecule has 1 saturated heterocycles. The molecule has 0 amide bonds. The molecule has 4 nitrogen and oxygen atoms in total. The van der Waals surface area contributed by atoms with E-state index in [1.165, 1.54) is 4.70 Å². The molecule has 5 heteroatoms. The van der Waals surface area contributed by atoms with Crippen molar-refractivity contribution in [2.45, 2.75) is 12.7 Å². The minimum atomic E-state index is 0.174. The molecule has 0 aliphatic carbocycles. The second-order valence-electron chi connectivity index (χ2n) is 4.29. The van der Waals surface area contributed by atoms with E-state index in [9.17, 15) is 0 Å². The van der Waals surface area contributed by atoms with Crippen molar-refractivity contribution in [3.05, 3.63) is 29.3 Å². The molecule has 1 aliphatic rings. The van der Waals surface area contributed by atoms with E-state index in [0.29, 0.717) is 13.2 Å². The van der Waals surface area contributed by atoms with Crippen molar-refractivity contribution >= 4 is 21.6 Å². The standard InChI is InChI=1S/C13H16N2O2S/c1-2-4-12-11(3-1)15-13(18-12)9-16-8-10-7-14-5-6-17-10/h1-4,10,14H,5-9H2. The molecule has 0 bridgehead atoms. The Bertz CT molecular complexity index is 475. The van der Waals surface area contributed by atoms with E-state index in [-0.39, 0.29) is 6.10 Å². The van der Waals surface area contributed by atoms with Gasteiger partial charge in [0.25, 0.3) is 0 Å². The second-order valence-corrected chi connectivity index (χ2v) is 5.40. The summed E-state index contributed by atoms with van der Waals surface area (Å²) in [7, 11) is 0. The number of thiazole rings is 1. The average Bonchev–Trinajstić information content (AvgIpc) is 2.82. The van der Waals surface area contributed by atoms with Crippen molar-refractivity contribution in [2.24, 2.45) is 0 Å². The number of benzene rings is 1. The lowest BCUT2D eigenvalue weighted by atomic mass is 10.3. The zero-order valence-electron chi connectivity index (χ0n) is 10.1. The predicted octanol–water partition coefficient (Wildman–Crippen LogP) is 1.80. The fraction of sp³-hybridized carbons (Fsp3) is 0.462. The first-order valence-electron chi connectivity index (χ1n) is 6.16. The molecule has 1 N–H and O–H groups in total. The molecule has 0 radical (unpaired) electrons. The van der Waals surface area contributed by atoms with Crippen LogP contribution in [0.4, 0.5) is 0 Å². The van der Waals surface area contributed by atoms with Gasteiger partial charge in [0.05, 0.1) is 36.1 Å². The highest BCUT2D eigenvalue weighted by Gasteiger charge is 2.13. The molecule has 1 fully saturated rings. The van der Waals surface area contributed by atoms with Gasteiger partial charge in [0.2, 0.25) is 0 Å². The number of nitrogens with zero attached hydrogens (tertiary/aromatic N) is 1. The van der Waals surface area contributed by atoms with Crippen molar-refractivity contribution in [3.63, 3.8) is 0 Å².